The van der Waals surface area contributed by atoms with Crippen molar-refractivity contribution in [2.45, 2.75) is 0 Å². The molecular formula is C17H14N2O2. The fourth-order valence-corrected chi connectivity index (χ4v) is 2.30. The Kier molecular flexibility index (Phi) is 3.20. The number of phenols is 1. The van der Waals surface area contributed by atoms with Crippen molar-refractivity contribution in [3.8, 4) is 5.75 Å². The Bertz CT molecular complexity index is 814. The molecule has 0 radical (unpaired) electrons. The number of hydrogen-bond acceptors (Lipinski definition) is 3. The number of para-hydroxylation sites is 1. The van der Waals surface area contributed by atoms with Gasteiger partial charge in [-0.05, 0) is 29.0 Å². The van der Waals surface area contributed by atoms with E-state index in [-0.39, 0.29) is 22.9 Å². The molecule has 21 heavy (non-hydrogen) atoms. The number of fused-ring (bicyclic) bond motifs is 1. The van der Waals surface area contributed by atoms with Crippen molar-refractivity contribution in [2.24, 2.45) is 0 Å². The van der Waals surface area contributed by atoms with E-state index in [1.807, 2.05) is 36.4 Å². The molecule has 0 bridgehead atoms. The van der Waals surface area contributed by atoms with E-state index in [1.165, 1.54) is 0 Å². The summed E-state index contributed by atoms with van der Waals surface area (Å²) >= 11 is 0. The highest BCUT2D eigenvalue weighted by atomic mass is 16.3. The van der Waals surface area contributed by atoms with E-state index < -0.39 is 0 Å². The number of rotatable bonds is 2. The number of aromatic hydroxyl groups is 1. The monoisotopic (exact) mass is 278 g/mol. The van der Waals surface area contributed by atoms with Crippen LogP contribution in [0.4, 0.5) is 11.4 Å². The zero-order valence-corrected chi connectivity index (χ0v) is 11.2. The lowest BCUT2D eigenvalue weighted by molar-refractivity contribution is 0.102. The third kappa shape index (κ3) is 2.39. The van der Waals surface area contributed by atoms with Crippen LogP contribution in [-0.2, 0) is 0 Å². The van der Waals surface area contributed by atoms with Crippen molar-refractivity contribution in [3.05, 3.63) is 66.2 Å². The molecule has 104 valence electrons. The Hall–Kier alpha value is -3.01. The molecule has 0 aliphatic heterocycles. The van der Waals surface area contributed by atoms with Crippen LogP contribution in [0.3, 0.4) is 0 Å². The highest BCUT2D eigenvalue weighted by Crippen LogP contribution is 2.33. The van der Waals surface area contributed by atoms with Gasteiger partial charge in [-0.25, -0.2) is 0 Å². The van der Waals surface area contributed by atoms with Gasteiger partial charge in [0, 0.05) is 5.69 Å². The van der Waals surface area contributed by atoms with Crippen LogP contribution in [0.2, 0.25) is 0 Å². The van der Waals surface area contributed by atoms with Crippen molar-refractivity contribution in [1.82, 2.24) is 0 Å². The summed E-state index contributed by atoms with van der Waals surface area (Å²) in [7, 11) is 0. The molecule has 0 saturated carbocycles. The van der Waals surface area contributed by atoms with Crippen molar-refractivity contribution in [1.29, 1.82) is 0 Å². The summed E-state index contributed by atoms with van der Waals surface area (Å²) in [6.07, 6.45) is 0. The number of nitrogens with two attached hydrogens (primary N) is 1. The maximum Gasteiger partial charge on any atom is 0.260 e. The normalized spacial score (nSPS) is 10.5. The van der Waals surface area contributed by atoms with Crippen molar-refractivity contribution in [2.75, 3.05) is 11.1 Å². The van der Waals surface area contributed by atoms with Gasteiger partial charge in [-0.2, -0.15) is 0 Å². The van der Waals surface area contributed by atoms with Crippen molar-refractivity contribution >= 4 is 28.1 Å². The smallest absolute Gasteiger partial charge is 0.260 e. The number of nitrogens with one attached hydrogen (secondary N) is 1. The highest BCUT2D eigenvalue weighted by molar-refractivity contribution is 6.16. The molecular weight excluding hydrogens is 264 g/mol. The first-order chi connectivity index (χ1) is 10.2. The fraction of sp³-hybridized carbons (Fsp3) is 0. The molecule has 4 N–H and O–H groups in total. The van der Waals surface area contributed by atoms with Crippen LogP contribution in [0.5, 0.6) is 5.75 Å². The van der Waals surface area contributed by atoms with Crippen LogP contribution in [0.15, 0.2) is 60.7 Å². The summed E-state index contributed by atoms with van der Waals surface area (Å²) in [5.41, 5.74) is 6.82. The molecule has 0 spiro atoms. The summed E-state index contributed by atoms with van der Waals surface area (Å²) in [6, 6.07) is 18.0. The molecule has 0 heterocycles. The van der Waals surface area contributed by atoms with E-state index in [4.69, 9.17) is 5.73 Å². The molecule has 4 heteroatoms. The lowest BCUT2D eigenvalue weighted by Gasteiger charge is -2.12. The summed E-state index contributed by atoms with van der Waals surface area (Å²) < 4.78 is 0. The zero-order valence-electron chi connectivity index (χ0n) is 11.2. The van der Waals surface area contributed by atoms with Crippen LogP contribution in [0, 0.1) is 0 Å². The zero-order chi connectivity index (χ0) is 14.8. The van der Waals surface area contributed by atoms with Crippen LogP contribution >= 0.6 is 0 Å². The standard InChI is InChI=1S/C17H14N2O2/c18-14-10-11-6-4-5-9-13(11)15(16(14)20)17(21)19-12-7-2-1-3-8-12/h1-10,20H,18H2,(H,19,21). The number of anilines is 2. The topological polar surface area (TPSA) is 75.4 Å². The van der Waals surface area contributed by atoms with E-state index in [0.29, 0.717) is 11.1 Å². The van der Waals surface area contributed by atoms with Crippen LogP contribution in [-0.4, -0.2) is 11.0 Å². The minimum Gasteiger partial charge on any atom is -0.505 e. The Labute approximate surface area is 121 Å². The predicted octanol–water partition coefficient (Wildman–Crippen LogP) is 3.38. The average molecular weight is 278 g/mol. The molecule has 1 amide bonds. The second-order valence-electron chi connectivity index (χ2n) is 4.73. The number of nitrogen functional groups attached to an aromatic ring is 1. The van der Waals surface area contributed by atoms with Gasteiger partial charge < -0.3 is 16.2 Å². The van der Waals surface area contributed by atoms with E-state index >= 15 is 0 Å². The maximum atomic E-state index is 12.5. The summed E-state index contributed by atoms with van der Waals surface area (Å²) in [4.78, 5) is 12.5. The van der Waals surface area contributed by atoms with Gasteiger partial charge in [0.2, 0.25) is 0 Å². The minimum atomic E-state index is -0.387. The first kappa shape index (κ1) is 13.0. The highest BCUT2D eigenvalue weighted by Gasteiger charge is 2.18. The van der Waals surface area contributed by atoms with Crippen molar-refractivity contribution in [3.63, 3.8) is 0 Å². The molecule has 0 aliphatic rings. The van der Waals surface area contributed by atoms with E-state index in [9.17, 15) is 9.90 Å². The van der Waals surface area contributed by atoms with Gasteiger partial charge in [0.1, 0.15) is 0 Å². The average Bonchev–Trinajstić information content (AvgIpc) is 2.49. The Morgan fingerprint density at radius 3 is 2.43 bits per heavy atom. The number of amides is 1. The molecule has 3 aromatic carbocycles. The van der Waals surface area contributed by atoms with E-state index in [2.05, 4.69) is 5.32 Å². The Balaban J connectivity index is 2.11. The lowest BCUT2D eigenvalue weighted by atomic mass is 10.0. The van der Waals surface area contributed by atoms with Crippen LogP contribution in [0.1, 0.15) is 10.4 Å². The van der Waals surface area contributed by atoms with Gasteiger partial charge in [-0.3, -0.25) is 4.79 Å². The SMILES string of the molecule is Nc1cc2ccccc2c(C(=O)Nc2ccccc2)c1O. The van der Waals surface area contributed by atoms with Gasteiger partial charge in [0.25, 0.3) is 5.91 Å². The largest absolute Gasteiger partial charge is 0.505 e. The molecule has 3 aromatic rings. The molecule has 0 unspecified atom stereocenters. The minimum absolute atomic E-state index is 0.187. The number of hydrogen-bond donors (Lipinski definition) is 3. The molecule has 0 aromatic heterocycles. The molecule has 0 aliphatic carbocycles. The van der Waals surface area contributed by atoms with Crippen LogP contribution < -0.4 is 11.1 Å². The van der Waals surface area contributed by atoms with E-state index in [1.54, 1.807) is 24.3 Å². The third-order valence-electron chi connectivity index (χ3n) is 3.31. The van der Waals surface area contributed by atoms with Gasteiger partial charge in [-0.15, -0.1) is 0 Å². The number of phenolic OH excluding ortho intramolecular Hbond substituents is 1. The van der Waals surface area contributed by atoms with Gasteiger partial charge >= 0.3 is 0 Å². The molecule has 4 nitrogen and oxygen atoms in total. The Morgan fingerprint density at radius 2 is 1.67 bits per heavy atom. The first-order valence-corrected chi connectivity index (χ1v) is 6.53. The van der Waals surface area contributed by atoms with Gasteiger partial charge in [0.05, 0.1) is 11.3 Å². The molecule has 3 rings (SSSR count). The van der Waals surface area contributed by atoms with Gasteiger partial charge in [-0.1, -0.05) is 42.5 Å². The van der Waals surface area contributed by atoms with Gasteiger partial charge in [0.15, 0.2) is 5.75 Å². The molecule has 0 saturated heterocycles. The second-order valence-corrected chi connectivity index (χ2v) is 4.73. The summed E-state index contributed by atoms with van der Waals surface area (Å²) in [6.45, 7) is 0. The number of carbonyl (C=O) groups excluding carboxylic acids is 1. The predicted molar refractivity (Wildman–Crippen MR) is 84.4 cm³/mol. The number of carbonyl (C=O) groups is 1. The Morgan fingerprint density at radius 1 is 1.00 bits per heavy atom. The summed E-state index contributed by atoms with van der Waals surface area (Å²) in [5.74, 6) is -0.579. The van der Waals surface area contributed by atoms with E-state index in [0.717, 1.165) is 5.39 Å². The van der Waals surface area contributed by atoms with Crippen molar-refractivity contribution < 1.29 is 9.90 Å². The summed E-state index contributed by atoms with van der Waals surface area (Å²) in [5, 5.41) is 14.4. The fourth-order valence-electron chi connectivity index (χ4n) is 2.30. The second kappa shape index (κ2) is 5.17. The van der Waals surface area contributed by atoms with Crippen LogP contribution in [0.25, 0.3) is 10.8 Å². The quantitative estimate of drug-likeness (QED) is 0.497. The molecule has 0 atom stereocenters. The lowest BCUT2D eigenvalue weighted by Crippen LogP contribution is -2.13. The maximum absolute atomic E-state index is 12.5. The number of benzene rings is 3. The first-order valence-electron chi connectivity index (χ1n) is 6.53. The third-order valence-corrected chi connectivity index (χ3v) is 3.31. The molecule has 0 fully saturated rings.